The molecule has 138 valence electrons. The molecule has 0 amide bonds. The van der Waals surface area contributed by atoms with Crippen LogP contribution in [-0.4, -0.2) is 113 Å². The third-order valence-electron chi connectivity index (χ3n) is 1.99. The van der Waals surface area contributed by atoms with Gasteiger partial charge >= 0.3 is 0 Å². The smallest absolute Gasteiger partial charge is 0.0103 e. The second-order valence-electron chi connectivity index (χ2n) is 5.21. The Balaban J connectivity index is -0.0000000408. The first kappa shape index (κ1) is 37.2. The first-order valence-electron chi connectivity index (χ1n) is 5.84. The molecule has 0 aromatic heterocycles. The van der Waals surface area contributed by atoms with Crippen LogP contribution in [0.1, 0.15) is 0 Å². The van der Waals surface area contributed by atoms with Crippen molar-refractivity contribution in [1.29, 1.82) is 0 Å². The van der Waals surface area contributed by atoms with E-state index >= 15 is 0 Å². The van der Waals surface area contributed by atoms with E-state index in [4.69, 9.17) is 0 Å². The van der Waals surface area contributed by atoms with Crippen molar-refractivity contribution in [3.8, 4) is 0 Å². The molecule has 0 atom stereocenters. The van der Waals surface area contributed by atoms with Crippen molar-refractivity contribution in [3.05, 3.63) is 0 Å². The number of hydrogen-bond acceptors (Lipinski definition) is 4. The summed E-state index contributed by atoms with van der Waals surface area (Å²) in [5, 5.41) is 0. The summed E-state index contributed by atoms with van der Waals surface area (Å²) in [5.41, 5.74) is 0. The van der Waals surface area contributed by atoms with E-state index in [0.717, 1.165) is 26.2 Å². The Kier molecular flexibility index (Phi) is 46.2. The normalized spacial score (nSPS) is 9.00. The molecule has 20 heavy (non-hydrogen) atoms. The largest absolute Gasteiger partial charge is 0.412 e. The van der Waals surface area contributed by atoms with Crippen molar-refractivity contribution in [2.75, 3.05) is 82.6 Å². The second-order valence-corrected chi connectivity index (χ2v) is 5.21. The summed E-state index contributed by atoms with van der Waals surface area (Å²) in [4.78, 5) is 8.72. The van der Waals surface area contributed by atoms with Gasteiger partial charge in [-0.25, -0.2) is 0 Å². The van der Waals surface area contributed by atoms with Gasteiger partial charge in [0.15, 0.2) is 0 Å². The molecule has 0 rings (SSSR count). The van der Waals surface area contributed by atoms with E-state index in [1.807, 2.05) is 0 Å². The van der Waals surface area contributed by atoms with Gasteiger partial charge in [-0.05, 0) is 56.4 Å². The van der Waals surface area contributed by atoms with E-state index in [9.17, 15) is 0 Å². The Morgan fingerprint density at radius 1 is 0.400 bits per heavy atom. The third kappa shape index (κ3) is 51.1. The van der Waals surface area contributed by atoms with Gasteiger partial charge in [0.05, 0.1) is 0 Å². The van der Waals surface area contributed by atoms with Gasteiger partial charge in [0.2, 0.25) is 0 Å². The van der Waals surface area contributed by atoms with Gasteiger partial charge in [0.25, 0.3) is 0 Å². The van der Waals surface area contributed by atoms with Crippen molar-refractivity contribution in [1.82, 2.24) is 19.6 Å². The minimum Gasteiger partial charge on any atom is -0.412 e. The predicted molar refractivity (Wildman–Crippen MR) is 81.4 cm³/mol. The summed E-state index contributed by atoms with van der Waals surface area (Å²) in [6, 6.07) is 0. The number of likely N-dealkylation sites (N-methyl/N-ethyl adjacent to an activating group) is 4. The van der Waals surface area contributed by atoms with Crippen LogP contribution in [0.4, 0.5) is 0 Å². The van der Waals surface area contributed by atoms with E-state index in [0.29, 0.717) is 0 Å². The molecule has 0 unspecified atom stereocenters. The molecule has 6 nitrogen and oxygen atoms in total. The molecule has 4 N–H and O–H groups in total. The molecule has 0 aromatic carbocycles. The molecule has 0 saturated heterocycles. The maximum atomic E-state index is 2.18. The number of hydrogen-bond donors (Lipinski definition) is 0. The Bertz CT molecular complexity index is 119. The molecule has 0 fully saturated rings. The minimum absolute atomic E-state index is 0. The van der Waals surface area contributed by atoms with Crippen molar-refractivity contribution in [3.63, 3.8) is 0 Å². The number of rotatable bonds is 6. The summed E-state index contributed by atoms with van der Waals surface area (Å²) < 4.78 is 0. The third-order valence-corrected chi connectivity index (χ3v) is 1.99. The molecule has 0 spiro atoms. The first-order valence-corrected chi connectivity index (χ1v) is 5.84. The molecule has 0 heterocycles. The summed E-state index contributed by atoms with van der Waals surface area (Å²) in [6.45, 7) is 4.58. The Morgan fingerprint density at radius 3 is 0.550 bits per heavy atom. The van der Waals surface area contributed by atoms with Crippen LogP contribution in [0.25, 0.3) is 0 Å². The van der Waals surface area contributed by atoms with Crippen LogP contribution in [0.3, 0.4) is 0 Å². The SMILES string of the molecule is CN(C)CCN(C)C.CN(C)CCN(C)C.O.O.[Cu].[Cu]. The van der Waals surface area contributed by atoms with E-state index < -0.39 is 0 Å². The predicted octanol–water partition coefficient (Wildman–Crippen LogP) is -1.44. The molecule has 2 radical (unpaired) electrons. The Hall–Kier alpha value is 0.799. The maximum Gasteiger partial charge on any atom is 0.0103 e. The molecular formula is C12H36Cu2N4O2. The average molecular weight is 396 g/mol. The van der Waals surface area contributed by atoms with Crippen molar-refractivity contribution >= 4 is 0 Å². The van der Waals surface area contributed by atoms with E-state index in [2.05, 4.69) is 76.0 Å². The second kappa shape index (κ2) is 24.8. The van der Waals surface area contributed by atoms with Crippen LogP contribution in [0.15, 0.2) is 0 Å². The standard InChI is InChI=1S/2C6H16N2.2Cu.2H2O/c2*1-7(2)5-6-8(3)4;;;;/h2*5-6H2,1-4H3;;;2*1H2. The molecule has 0 bridgehead atoms. The summed E-state index contributed by atoms with van der Waals surface area (Å²) in [6.07, 6.45) is 0. The molecular weight excluding hydrogens is 359 g/mol. The van der Waals surface area contributed by atoms with Gasteiger partial charge < -0.3 is 30.6 Å². The van der Waals surface area contributed by atoms with E-state index in [-0.39, 0.29) is 45.1 Å². The van der Waals surface area contributed by atoms with Crippen LogP contribution < -0.4 is 0 Å². The maximum absolute atomic E-state index is 2.18. The fourth-order valence-corrected chi connectivity index (χ4v) is 0.800. The van der Waals surface area contributed by atoms with Crippen LogP contribution >= 0.6 is 0 Å². The van der Waals surface area contributed by atoms with E-state index in [1.54, 1.807) is 0 Å². The zero-order valence-electron chi connectivity index (χ0n) is 14.2. The monoisotopic (exact) mass is 394 g/mol. The van der Waals surface area contributed by atoms with Gasteiger partial charge in [0, 0.05) is 60.3 Å². The van der Waals surface area contributed by atoms with Crippen LogP contribution in [0, 0.1) is 0 Å². The van der Waals surface area contributed by atoms with Gasteiger partial charge in [0.1, 0.15) is 0 Å². The van der Waals surface area contributed by atoms with Crippen molar-refractivity contribution in [2.24, 2.45) is 0 Å². The Morgan fingerprint density at radius 2 is 0.500 bits per heavy atom. The zero-order valence-corrected chi connectivity index (χ0v) is 16.1. The summed E-state index contributed by atoms with van der Waals surface area (Å²) in [5.74, 6) is 0. The van der Waals surface area contributed by atoms with Gasteiger partial charge in [-0.3, -0.25) is 0 Å². The van der Waals surface area contributed by atoms with Gasteiger partial charge in [-0.2, -0.15) is 0 Å². The summed E-state index contributed by atoms with van der Waals surface area (Å²) >= 11 is 0. The first-order chi connectivity index (χ1) is 7.25. The quantitative estimate of drug-likeness (QED) is 0.517. The molecule has 0 aliphatic heterocycles. The Labute approximate surface area is 147 Å². The van der Waals surface area contributed by atoms with Crippen LogP contribution in [0.5, 0.6) is 0 Å². The van der Waals surface area contributed by atoms with Crippen LogP contribution in [0.2, 0.25) is 0 Å². The van der Waals surface area contributed by atoms with Crippen LogP contribution in [-0.2, 0) is 34.1 Å². The minimum atomic E-state index is 0. The van der Waals surface area contributed by atoms with Gasteiger partial charge in [-0.15, -0.1) is 0 Å². The summed E-state index contributed by atoms with van der Waals surface area (Å²) in [7, 11) is 16.7. The van der Waals surface area contributed by atoms with Crippen molar-refractivity contribution < 1.29 is 45.1 Å². The van der Waals surface area contributed by atoms with Gasteiger partial charge in [-0.1, -0.05) is 0 Å². The zero-order chi connectivity index (χ0) is 13.1. The molecule has 0 saturated carbocycles. The average Bonchev–Trinajstić information content (AvgIpc) is 2.12. The molecule has 0 aromatic rings. The molecule has 8 heteroatoms. The van der Waals surface area contributed by atoms with Crippen molar-refractivity contribution in [2.45, 2.75) is 0 Å². The fraction of sp³-hybridized carbons (Fsp3) is 1.00. The fourth-order valence-electron chi connectivity index (χ4n) is 0.800. The topological polar surface area (TPSA) is 76.0 Å². The molecule has 0 aliphatic rings. The number of nitrogens with zero attached hydrogens (tertiary/aromatic N) is 4. The molecule has 0 aliphatic carbocycles. The van der Waals surface area contributed by atoms with E-state index in [1.165, 1.54) is 0 Å².